The minimum atomic E-state index is -0.408. The Kier molecular flexibility index (Phi) is 4.89. The predicted molar refractivity (Wildman–Crippen MR) is 80.9 cm³/mol. The minimum Gasteiger partial charge on any atom is -0.339 e. The summed E-state index contributed by atoms with van der Waals surface area (Å²) in [4.78, 5) is 15.7. The second kappa shape index (κ2) is 6.02. The van der Waals surface area contributed by atoms with Crippen LogP contribution < -0.4 is 5.32 Å². The van der Waals surface area contributed by atoms with Crippen molar-refractivity contribution in [3.05, 3.63) is 29.8 Å². The molecule has 104 valence electrons. The number of thiocarbonyl (C=S) groups is 1. The lowest BCUT2D eigenvalue weighted by Gasteiger charge is -2.21. The number of nitrogens with one attached hydrogen (secondary N) is 1. The fraction of sp³-hybridized carbons (Fsp3) is 0.429. The number of hydrogen-bond acceptors (Lipinski definition) is 3. The monoisotopic (exact) mass is 280 g/mol. The molecule has 19 heavy (non-hydrogen) atoms. The first-order valence-electron chi connectivity index (χ1n) is 6.04. The third kappa shape index (κ3) is 4.87. The molecule has 0 aliphatic heterocycles. The van der Waals surface area contributed by atoms with Gasteiger partial charge < -0.3 is 10.2 Å². The molecular formula is C14H20N2O2S. The Labute approximate surface area is 119 Å². The molecule has 1 aromatic carbocycles. The van der Waals surface area contributed by atoms with Gasteiger partial charge in [0.1, 0.15) is 0 Å². The van der Waals surface area contributed by atoms with Crippen LogP contribution >= 0.6 is 12.2 Å². The molecule has 1 rings (SSSR count). The van der Waals surface area contributed by atoms with E-state index in [-0.39, 0.29) is 5.41 Å². The Morgan fingerprint density at radius 2 is 1.79 bits per heavy atom. The Morgan fingerprint density at radius 3 is 2.21 bits per heavy atom. The summed E-state index contributed by atoms with van der Waals surface area (Å²) in [6, 6.07) is 8.01. The summed E-state index contributed by atoms with van der Waals surface area (Å²) in [6.07, 6.45) is 0. The molecule has 0 saturated heterocycles. The maximum absolute atomic E-state index is 10.8. The van der Waals surface area contributed by atoms with Crippen LogP contribution in [0.25, 0.3) is 0 Å². The predicted octanol–water partition coefficient (Wildman–Crippen LogP) is 3.09. The molecule has 0 unspecified atom stereocenters. The third-order valence-corrected chi connectivity index (χ3v) is 2.91. The highest BCUT2D eigenvalue weighted by molar-refractivity contribution is 7.80. The molecule has 0 radical (unpaired) electrons. The van der Waals surface area contributed by atoms with E-state index in [2.05, 4.69) is 38.2 Å². The van der Waals surface area contributed by atoms with Crippen LogP contribution in [-0.4, -0.2) is 23.2 Å². The zero-order chi connectivity index (χ0) is 14.6. The lowest BCUT2D eigenvalue weighted by atomic mass is 9.87. The molecule has 0 spiro atoms. The van der Waals surface area contributed by atoms with Gasteiger partial charge in [-0.25, -0.2) is 0 Å². The second-order valence-corrected chi connectivity index (χ2v) is 5.72. The number of carbonyl (C=O) groups is 1. The molecule has 0 atom stereocenters. The maximum Gasteiger partial charge on any atom is 0.329 e. The van der Waals surface area contributed by atoms with Crippen LogP contribution in [0, 0.1) is 0 Å². The number of carbonyl (C=O) groups excluding carboxylic acids is 1. The maximum atomic E-state index is 10.8. The number of rotatable bonds is 1. The Balaban J connectivity index is 2.68. The summed E-state index contributed by atoms with van der Waals surface area (Å²) in [6.45, 7) is 7.81. The van der Waals surface area contributed by atoms with E-state index in [9.17, 15) is 4.79 Å². The topological polar surface area (TPSA) is 41.6 Å². The molecule has 0 aliphatic rings. The van der Waals surface area contributed by atoms with Gasteiger partial charge in [0.2, 0.25) is 5.11 Å². The minimum absolute atomic E-state index is 0.119. The summed E-state index contributed by atoms with van der Waals surface area (Å²) in [7, 11) is 1.58. The third-order valence-electron chi connectivity index (χ3n) is 2.55. The van der Waals surface area contributed by atoms with Crippen molar-refractivity contribution in [1.29, 1.82) is 0 Å². The molecule has 1 aromatic rings. The molecular weight excluding hydrogens is 260 g/mol. The molecule has 0 saturated carbocycles. The molecule has 0 fully saturated rings. The van der Waals surface area contributed by atoms with E-state index in [0.717, 1.165) is 5.69 Å². The highest BCUT2D eigenvalue weighted by atomic mass is 32.1. The summed E-state index contributed by atoms with van der Waals surface area (Å²) in [5, 5.41) is 4.57. The van der Waals surface area contributed by atoms with Gasteiger partial charge in [-0.05, 0) is 35.3 Å². The first-order valence-corrected chi connectivity index (χ1v) is 6.45. The van der Waals surface area contributed by atoms with Gasteiger partial charge >= 0.3 is 5.97 Å². The van der Waals surface area contributed by atoms with Crippen molar-refractivity contribution in [1.82, 2.24) is 5.06 Å². The lowest BCUT2D eigenvalue weighted by Crippen LogP contribution is -2.32. The van der Waals surface area contributed by atoms with Crippen LogP contribution in [-0.2, 0) is 15.0 Å². The fourth-order valence-corrected chi connectivity index (χ4v) is 1.65. The van der Waals surface area contributed by atoms with Gasteiger partial charge in [-0.1, -0.05) is 32.9 Å². The van der Waals surface area contributed by atoms with Crippen LogP contribution in [0.5, 0.6) is 0 Å². The molecule has 0 aromatic heterocycles. The second-order valence-electron chi connectivity index (χ2n) is 5.34. The van der Waals surface area contributed by atoms with Gasteiger partial charge in [0.05, 0.1) is 0 Å². The lowest BCUT2D eigenvalue weighted by molar-refractivity contribution is -0.165. The Hall–Kier alpha value is -1.62. The fourth-order valence-electron chi connectivity index (χ4n) is 1.49. The van der Waals surface area contributed by atoms with Crippen molar-refractivity contribution in [2.45, 2.75) is 33.1 Å². The summed E-state index contributed by atoms with van der Waals surface area (Å²) in [5.74, 6) is -0.408. The van der Waals surface area contributed by atoms with Gasteiger partial charge in [-0.2, -0.15) is 5.06 Å². The van der Waals surface area contributed by atoms with E-state index in [1.807, 2.05) is 12.1 Å². The Morgan fingerprint density at radius 1 is 1.26 bits per heavy atom. The van der Waals surface area contributed by atoms with Crippen molar-refractivity contribution in [2.75, 3.05) is 12.4 Å². The molecule has 0 aliphatic carbocycles. The van der Waals surface area contributed by atoms with E-state index < -0.39 is 5.97 Å². The van der Waals surface area contributed by atoms with Gasteiger partial charge in [0.15, 0.2) is 0 Å². The molecule has 0 amide bonds. The number of benzene rings is 1. The SMILES string of the molecule is CC(=O)ON(C)C(=S)Nc1ccc(C(C)(C)C)cc1. The van der Waals surface area contributed by atoms with Crippen molar-refractivity contribution >= 4 is 29.0 Å². The Bertz CT molecular complexity index is 463. The largest absolute Gasteiger partial charge is 0.339 e. The van der Waals surface area contributed by atoms with Crippen molar-refractivity contribution in [2.24, 2.45) is 0 Å². The molecule has 1 N–H and O–H groups in total. The van der Waals surface area contributed by atoms with Crippen LogP contribution in [0.4, 0.5) is 5.69 Å². The zero-order valence-corrected chi connectivity index (χ0v) is 12.8. The van der Waals surface area contributed by atoms with E-state index in [4.69, 9.17) is 17.1 Å². The number of anilines is 1. The average molecular weight is 280 g/mol. The number of nitrogens with zero attached hydrogens (tertiary/aromatic N) is 1. The van der Waals surface area contributed by atoms with Gasteiger partial charge in [-0.15, -0.1) is 0 Å². The van der Waals surface area contributed by atoms with Crippen molar-refractivity contribution in [3.8, 4) is 0 Å². The summed E-state index contributed by atoms with van der Waals surface area (Å²) >= 11 is 5.12. The average Bonchev–Trinajstić information content (AvgIpc) is 2.27. The van der Waals surface area contributed by atoms with Crippen LogP contribution in [0.3, 0.4) is 0 Å². The highest BCUT2D eigenvalue weighted by Crippen LogP contribution is 2.23. The number of hydroxylamine groups is 2. The van der Waals surface area contributed by atoms with E-state index in [1.165, 1.54) is 17.6 Å². The summed E-state index contributed by atoms with van der Waals surface area (Å²) < 4.78 is 0. The zero-order valence-electron chi connectivity index (χ0n) is 12.0. The van der Waals surface area contributed by atoms with Gasteiger partial charge in [0, 0.05) is 19.7 Å². The van der Waals surface area contributed by atoms with E-state index in [1.54, 1.807) is 7.05 Å². The van der Waals surface area contributed by atoms with Crippen LogP contribution in [0.1, 0.15) is 33.3 Å². The first kappa shape index (κ1) is 15.4. The van der Waals surface area contributed by atoms with Crippen LogP contribution in [0.15, 0.2) is 24.3 Å². The standard InChI is InChI=1S/C14H20N2O2S/c1-10(17)18-16(5)13(19)15-12-8-6-11(7-9-12)14(2,3)4/h6-9H,1-5H3,(H,15,19). The number of hydrogen-bond donors (Lipinski definition) is 1. The van der Waals surface area contributed by atoms with Crippen LogP contribution in [0.2, 0.25) is 0 Å². The first-order chi connectivity index (χ1) is 8.70. The normalized spacial score (nSPS) is 10.8. The smallest absolute Gasteiger partial charge is 0.329 e. The van der Waals surface area contributed by atoms with Gasteiger partial charge in [-0.3, -0.25) is 4.79 Å². The van der Waals surface area contributed by atoms with Crippen molar-refractivity contribution < 1.29 is 9.63 Å². The molecule has 5 heteroatoms. The molecule has 0 bridgehead atoms. The van der Waals surface area contributed by atoms with E-state index in [0.29, 0.717) is 5.11 Å². The molecule has 0 heterocycles. The van der Waals surface area contributed by atoms with E-state index >= 15 is 0 Å². The quantitative estimate of drug-likeness (QED) is 0.632. The highest BCUT2D eigenvalue weighted by Gasteiger charge is 2.13. The summed E-state index contributed by atoms with van der Waals surface area (Å²) in [5.41, 5.74) is 2.22. The van der Waals surface area contributed by atoms with Gasteiger partial charge in [0.25, 0.3) is 0 Å². The molecule has 4 nitrogen and oxygen atoms in total. The van der Waals surface area contributed by atoms with Crippen molar-refractivity contribution in [3.63, 3.8) is 0 Å².